The molecule has 0 radical (unpaired) electrons. The van der Waals surface area contributed by atoms with Crippen LogP contribution in [0.15, 0.2) is 52.4 Å². The standard InChI is InChI=1S/C27H27N3O3S2/c1-16-7-6-8-17(2)24(16)28-22(31)15-34-27-29-25-23(20-9-4-5-10-21(20)35-25)26(32)30(27)18-11-13-19(33-3)14-12-18/h6-8,11-14H,4-5,9-10,15H2,1-3H3,(H,28,31). The van der Waals surface area contributed by atoms with Crippen LogP contribution in [0, 0.1) is 13.8 Å². The highest BCUT2D eigenvalue weighted by atomic mass is 32.2. The number of carbonyl (C=O) groups is 1. The second-order valence-corrected chi connectivity index (χ2v) is 10.8. The van der Waals surface area contributed by atoms with Gasteiger partial charge in [-0.1, -0.05) is 30.0 Å². The minimum atomic E-state index is -0.131. The van der Waals surface area contributed by atoms with Gasteiger partial charge in [0, 0.05) is 10.6 Å². The van der Waals surface area contributed by atoms with E-state index in [0.717, 1.165) is 58.3 Å². The molecule has 0 aliphatic heterocycles. The summed E-state index contributed by atoms with van der Waals surface area (Å²) in [7, 11) is 1.61. The fraction of sp³-hybridized carbons (Fsp3) is 0.296. The van der Waals surface area contributed by atoms with Gasteiger partial charge in [-0.15, -0.1) is 11.3 Å². The molecule has 0 saturated carbocycles. The Bertz CT molecular complexity index is 1450. The maximum Gasteiger partial charge on any atom is 0.267 e. The Hall–Kier alpha value is -3.10. The molecule has 8 heteroatoms. The molecule has 2 aromatic carbocycles. The molecule has 0 saturated heterocycles. The van der Waals surface area contributed by atoms with Crippen molar-refractivity contribution in [3.05, 3.63) is 74.4 Å². The fourth-order valence-electron chi connectivity index (χ4n) is 4.56. The minimum absolute atomic E-state index is 0.0720. The molecule has 0 bridgehead atoms. The number of hydrogen-bond acceptors (Lipinski definition) is 6. The number of carbonyl (C=O) groups excluding carboxylic acids is 1. The number of thiophene rings is 1. The number of rotatable bonds is 6. The molecule has 5 rings (SSSR count). The van der Waals surface area contributed by atoms with Crippen molar-refractivity contribution in [1.29, 1.82) is 0 Å². The first-order valence-electron chi connectivity index (χ1n) is 11.7. The average Bonchev–Trinajstić information content (AvgIpc) is 3.24. The van der Waals surface area contributed by atoms with Crippen LogP contribution in [-0.4, -0.2) is 28.3 Å². The zero-order valence-electron chi connectivity index (χ0n) is 20.0. The van der Waals surface area contributed by atoms with Gasteiger partial charge >= 0.3 is 0 Å². The lowest BCUT2D eigenvalue weighted by Gasteiger charge is -2.14. The number of thioether (sulfide) groups is 1. The van der Waals surface area contributed by atoms with Gasteiger partial charge in [0.1, 0.15) is 10.6 Å². The van der Waals surface area contributed by atoms with Crippen LogP contribution in [0.3, 0.4) is 0 Å². The van der Waals surface area contributed by atoms with Crippen molar-refractivity contribution in [3.8, 4) is 11.4 Å². The maximum atomic E-state index is 13.8. The summed E-state index contributed by atoms with van der Waals surface area (Å²) in [6, 6.07) is 13.3. The Morgan fingerprint density at radius 3 is 2.54 bits per heavy atom. The number of nitrogens with one attached hydrogen (secondary N) is 1. The quantitative estimate of drug-likeness (QED) is 0.270. The van der Waals surface area contributed by atoms with E-state index in [1.165, 1.54) is 16.6 Å². The van der Waals surface area contributed by atoms with Gasteiger partial charge in [0.2, 0.25) is 5.91 Å². The Labute approximate surface area is 212 Å². The number of nitrogens with zero attached hydrogens (tertiary/aromatic N) is 2. The normalized spacial score (nSPS) is 13.0. The monoisotopic (exact) mass is 505 g/mol. The largest absolute Gasteiger partial charge is 0.497 e. The molecular formula is C27H27N3O3S2. The molecular weight excluding hydrogens is 478 g/mol. The third-order valence-corrected chi connectivity index (χ3v) is 8.49. The van der Waals surface area contributed by atoms with E-state index in [9.17, 15) is 9.59 Å². The number of amides is 1. The summed E-state index contributed by atoms with van der Waals surface area (Å²) in [5.41, 5.74) is 4.65. The maximum absolute atomic E-state index is 13.8. The summed E-state index contributed by atoms with van der Waals surface area (Å²) >= 11 is 2.90. The van der Waals surface area contributed by atoms with Gasteiger partial charge in [-0.25, -0.2) is 4.98 Å². The molecule has 6 nitrogen and oxygen atoms in total. The zero-order valence-corrected chi connectivity index (χ0v) is 21.6. The smallest absolute Gasteiger partial charge is 0.267 e. The molecule has 0 fully saturated rings. The van der Waals surface area contributed by atoms with Crippen molar-refractivity contribution < 1.29 is 9.53 Å². The molecule has 4 aromatic rings. The third-order valence-electron chi connectivity index (χ3n) is 6.37. The van der Waals surface area contributed by atoms with Crippen molar-refractivity contribution in [3.63, 3.8) is 0 Å². The Morgan fingerprint density at radius 1 is 1.11 bits per heavy atom. The predicted octanol–water partition coefficient (Wildman–Crippen LogP) is 5.68. The van der Waals surface area contributed by atoms with Crippen molar-refractivity contribution in [1.82, 2.24) is 9.55 Å². The molecule has 1 N–H and O–H groups in total. The van der Waals surface area contributed by atoms with E-state index < -0.39 is 0 Å². The van der Waals surface area contributed by atoms with Crippen molar-refractivity contribution in [2.45, 2.75) is 44.7 Å². The summed E-state index contributed by atoms with van der Waals surface area (Å²) in [4.78, 5) is 33.7. The number of fused-ring (bicyclic) bond motifs is 3. The lowest BCUT2D eigenvalue weighted by atomic mass is 9.97. The SMILES string of the molecule is COc1ccc(-n2c(SCC(=O)Nc3c(C)cccc3C)nc3sc4c(c3c2=O)CCCC4)cc1. The lowest BCUT2D eigenvalue weighted by Crippen LogP contribution is -2.23. The highest BCUT2D eigenvalue weighted by molar-refractivity contribution is 7.99. The van der Waals surface area contributed by atoms with Gasteiger partial charge in [0.25, 0.3) is 5.56 Å². The van der Waals surface area contributed by atoms with E-state index in [0.29, 0.717) is 16.6 Å². The molecule has 0 atom stereocenters. The molecule has 1 aliphatic carbocycles. The van der Waals surface area contributed by atoms with E-state index >= 15 is 0 Å². The molecule has 180 valence electrons. The number of aryl methyl sites for hydroxylation is 4. The van der Waals surface area contributed by atoms with Crippen LogP contribution in [0.25, 0.3) is 15.9 Å². The first-order valence-corrected chi connectivity index (χ1v) is 13.5. The van der Waals surface area contributed by atoms with E-state index in [2.05, 4.69) is 5.32 Å². The second-order valence-electron chi connectivity index (χ2n) is 8.73. The number of hydrogen-bond donors (Lipinski definition) is 1. The molecule has 1 aliphatic rings. The molecule has 1 amide bonds. The molecule has 35 heavy (non-hydrogen) atoms. The fourth-order valence-corrected chi connectivity index (χ4v) is 6.67. The number of methoxy groups -OCH3 is 1. The van der Waals surface area contributed by atoms with Crippen molar-refractivity contribution in [2.24, 2.45) is 0 Å². The minimum Gasteiger partial charge on any atom is -0.497 e. The van der Waals surface area contributed by atoms with Gasteiger partial charge in [-0.05, 0) is 80.5 Å². The van der Waals surface area contributed by atoms with E-state index in [4.69, 9.17) is 9.72 Å². The van der Waals surface area contributed by atoms with Gasteiger partial charge in [0.15, 0.2) is 5.16 Å². The number of benzene rings is 2. The van der Waals surface area contributed by atoms with Gasteiger partial charge < -0.3 is 10.1 Å². The van der Waals surface area contributed by atoms with E-state index in [1.807, 2.05) is 56.3 Å². The Balaban J connectivity index is 1.53. The second kappa shape index (κ2) is 9.87. The van der Waals surface area contributed by atoms with Gasteiger partial charge in [-0.3, -0.25) is 14.2 Å². The summed E-state index contributed by atoms with van der Waals surface area (Å²) in [6.45, 7) is 3.95. The zero-order chi connectivity index (χ0) is 24.5. The highest BCUT2D eigenvalue weighted by Gasteiger charge is 2.23. The average molecular weight is 506 g/mol. The summed E-state index contributed by atoms with van der Waals surface area (Å²) in [6.07, 6.45) is 4.15. The summed E-state index contributed by atoms with van der Waals surface area (Å²) in [5, 5.41) is 4.27. The van der Waals surface area contributed by atoms with E-state index in [1.54, 1.807) is 23.0 Å². The van der Waals surface area contributed by atoms with Crippen LogP contribution in [0.1, 0.15) is 34.4 Å². The molecule has 2 heterocycles. The number of anilines is 1. The van der Waals surface area contributed by atoms with Gasteiger partial charge in [-0.2, -0.15) is 0 Å². The number of ether oxygens (including phenoxy) is 1. The first kappa shape index (κ1) is 23.6. The highest BCUT2D eigenvalue weighted by Crippen LogP contribution is 2.35. The van der Waals surface area contributed by atoms with Crippen LogP contribution < -0.4 is 15.6 Å². The van der Waals surface area contributed by atoms with Gasteiger partial charge in [0.05, 0.1) is 23.9 Å². The Morgan fingerprint density at radius 2 is 1.83 bits per heavy atom. The van der Waals surface area contributed by atoms with Crippen LogP contribution >= 0.6 is 23.1 Å². The van der Waals surface area contributed by atoms with Crippen LogP contribution in [-0.2, 0) is 17.6 Å². The summed E-state index contributed by atoms with van der Waals surface area (Å²) in [5.74, 6) is 0.729. The topological polar surface area (TPSA) is 73.2 Å². The molecule has 2 aromatic heterocycles. The van der Waals surface area contributed by atoms with Crippen LogP contribution in [0.5, 0.6) is 5.75 Å². The molecule has 0 unspecified atom stereocenters. The van der Waals surface area contributed by atoms with Crippen molar-refractivity contribution in [2.75, 3.05) is 18.2 Å². The molecule has 0 spiro atoms. The number of para-hydroxylation sites is 1. The van der Waals surface area contributed by atoms with Crippen molar-refractivity contribution >= 4 is 44.9 Å². The summed E-state index contributed by atoms with van der Waals surface area (Å²) < 4.78 is 6.93. The van der Waals surface area contributed by atoms with Crippen LogP contribution in [0.2, 0.25) is 0 Å². The predicted molar refractivity (Wildman–Crippen MR) is 144 cm³/mol. The van der Waals surface area contributed by atoms with Crippen LogP contribution in [0.4, 0.5) is 5.69 Å². The first-order chi connectivity index (χ1) is 17.0. The lowest BCUT2D eigenvalue weighted by molar-refractivity contribution is -0.113. The third kappa shape index (κ3) is 4.60. The Kier molecular flexibility index (Phi) is 6.67. The number of aromatic nitrogens is 2. The van der Waals surface area contributed by atoms with E-state index in [-0.39, 0.29) is 17.2 Å².